The van der Waals surface area contributed by atoms with E-state index in [-0.39, 0.29) is 0 Å². The van der Waals surface area contributed by atoms with Crippen molar-refractivity contribution in [2.45, 2.75) is 0 Å². The van der Waals surface area contributed by atoms with Gasteiger partial charge in [0.1, 0.15) is 11.5 Å². The van der Waals surface area contributed by atoms with Crippen LogP contribution in [0.25, 0.3) is 76.9 Å². The zero-order valence-electron chi connectivity index (χ0n) is 21.3. The second-order valence-corrected chi connectivity index (χ2v) is 10.1. The lowest BCUT2D eigenvalue weighted by molar-refractivity contribution is 0.602. The summed E-state index contributed by atoms with van der Waals surface area (Å²) in [6, 6.07) is 51.8. The highest BCUT2D eigenvalue weighted by atomic mass is 16.3. The van der Waals surface area contributed by atoms with Gasteiger partial charge in [0.2, 0.25) is 0 Å². The van der Waals surface area contributed by atoms with Crippen LogP contribution in [0.1, 0.15) is 0 Å². The number of benzene rings is 7. The van der Waals surface area contributed by atoms with E-state index < -0.39 is 0 Å². The Balaban J connectivity index is 1.40. The molecule has 0 aliphatic rings. The van der Waals surface area contributed by atoms with Gasteiger partial charge in [-0.2, -0.15) is 0 Å². The van der Waals surface area contributed by atoms with E-state index in [1.807, 2.05) is 6.07 Å². The van der Waals surface area contributed by atoms with Crippen molar-refractivity contribution >= 4 is 43.1 Å². The van der Waals surface area contributed by atoms with E-state index in [4.69, 9.17) is 4.42 Å². The molecule has 182 valence electrons. The summed E-state index contributed by atoms with van der Waals surface area (Å²) in [4.78, 5) is 0. The number of hydrogen-bond acceptors (Lipinski definition) is 1. The smallest absolute Gasteiger partial charge is 0.143 e. The first-order valence-electron chi connectivity index (χ1n) is 13.4. The first-order chi connectivity index (χ1) is 19.4. The number of rotatable bonds is 3. The molecule has 8 aromatic rings. The minimum absolute atomic E-state index is 0.905. The Kier molecular flexibility index (Phi) is 4.89. The average Bonchev–Trinajstić information content (AvgIpc) is 3.41. The molecule has 0 radical (unpaired) electrons. The van der Waals surface area contributed by atoms with E-state index in [1.54, 1.807) is 0 Å². The van der Waals surface area contributed by atoms with Gasteiger partial charge in [0.25, 0.3) is 0 Å². The molecule has 0 unspecified atom stereocenters. The predicted molar refractivity (Wildman–Crippen MR) is 165 cm³/mol. The molecule has 0 aliphatic heterocycles. The molecule has 0 amide bonds. The summed E-state index contributed by atoms with van der Waals surface area (Å²) in [6.07, 6.45) is 0. The van der Waals surface area contributed by atoms with Gasteiger partial charge in [-0.3, -0.25) is 0 Å². The summed E-state index contributed by atoms with van der Waals surface area (Å²) in [5.41, 5.74) is 4.61. The van der Waals surface area contributed by atoms with Crippen LogP contribution >= 0.6 is 0 Å². The zero-order chi connectivity index (χ0) is 25.8. The molecular weight excluding hydrogens is 472 g/mol. The molecule has 0 fully saturated rings. The van der Waals surface area contributed by atoms with Crippen molar-refractivity contribution in [2.24, 2.45) is 0 Å². The van der Waals surface area contributed by atoms with Crippen LogP contribution in [0, 0.1) is 0 Å². The van der Waals surface area contributed by atoms with Gasteiger partial charge in [0, 0.05) is 27.3 Å². The molecule has 8 rings (SSSR count). The zero-order valence-corrected chi connectivity index (χ0v) is 21.3. The van der Waals surface area contributed by atoms with Gasteiger partial charge < -0.3 is 4.42 Å². The van der Waals surface area contributed by atoms with Crippen LogP contribution in [0.5, 0.6) is 0 Å². The van der Waals surface area contributed by atoms with Crippen LogP contribution in [0.15, 0.2) is 150 Å². The van der Waals surface area contributed by atoms with E-state index in [0.29, 0.717) is 0 Å². The molecule has 0 saturated heterocycles. The fourth-order valence-corrected chi connectivity index (χ4v) is 6.10. The highest BCUT2D eigenvalue weighted by Gasteiger charge is 2.20. The molecule has 1 aromatic heterocycles. The van der Waals surface area contributed by atoms with Gasteiger partial charge in [-0.25, -0.2) is 0 Å². The monoisotopic (exact) mass is 496 g/mol. The van der Waals surface area contributed by atoms with Gasteiger partial charge in [-0.15, -0.1) is 0 Å². The minimum Gasteiger partial charge on any atom is -0.455 e. The van der Waals surface area contributed by atoms with Crippen molar-refractivity contribution in [3.05, 3.63) is 146 Å². The molecule has 0 atom stereocenters. The maximum atomic E-state index is 6.85. The maximum Gasteiger partial charge on any atom is 0.143 e. The van der Waals surface area contributed by atoms with E-state index in [1.165, 1.54) is 43.4 Å². The van der Waals surface area contributed by atoms with E-state index in [9.17, 15) is 0 Å². The predicted octanol–water partition coefficient (Wildman–Crippen LogP) is 10.9. The third-order valence-electron chi connectivity index (χ3n) is 7.89. The van der Waals surface area contributed by atoms with Crippen molar-refractivity contribution in [2.75, 3.05) is 0 Å². The molecule has 39 heavy (non-hydrogen) atoms. The van der Waals surface area contributed by atoms with Crippen molar-refractivity contribution in [1.29, 1.82) is 0 Å². The summed E-state index contributed by atoms with van der Waals surface area (Å²) in [6.45, 7) is 0. The molecule has 0 spiro atoms. The Bertz CT molecular complexity index is 2100. The number of furan rings is 1. The third-order valence-corrected chi connectivity index (χ3v) is 7.89. The average molecular weight is 497 g/mol. The molecule has 0 bridgehead atoms. The van der Waals surface area contributed by atoms with Crippen molar-refractivity contribution in [3.8, 4) is 33.8 Å². The van der Waals surface area contributed by atoms with E-state index in [2.05, 4.69) is 140 Å². The normalized spacial score (nSPS) is 11.6. The first-order valence-corrected chi connectivity index (χ1v) is 13.4. The van der Waals surface area contributed by atoms with Gasteiger partial charge in [0.15, 0.2) is 0 Å². The first kappa shape index (κ1) is 21.9. The lowest BCUT2D eigenvalue weighted by Crippen LogP contribution is -1.86. The molecular formula is C38H24O. The summed E-state index contributed by atoms with van der Waals surface area (Å²) in [7, 11) is 0. The maximum absolute atomic E-state index is 6.85. The lowest BCUT2D eigenvalue weighted by atomic mass is 9.90. The van der Waals surface area contributed by atoms with Gasteiger partial charge in [-0.05, 0) is 38.1 Å². The fourth-order valence-electron chi connectivity index (χ4n) is 6.10. The second kappa shape index (κ2) is 8.72. The Morgan fingerprint density at radius 3 is 1.36 bits per heavy atom. The second-order valence-electron chi connectivity index (χ2n) is 10.1. The van der Waals surface area contributed by atoms with Crippen LogP contribution < -0.4 is 0 Å². The number of hydrogen-bond donors (Lipinski definition) is 0. The molecule has 1 nitrogen and oxygen atoms in total. The topological polar surface area (TPSA) is 13.1 Å². The van der Waals surface area contributed by atoms with Crippen molar-refractivity contribution in [3.63, 3.8) is 0 Å². The largest absolute Gasteiger partial charge is 0.455 e. The quantitative estimate of drug-likeness (QED) is 0.222. The Hall–Kier alpha value is -5.14. The van der Waals surface area contributed by atoms with Crippen LogP contribution in [-0.2, 0) is 0 Å². The highest BCUT2D eigenvalue weighted by molar-refractivity contribution is 6.29. The Morgan fingerprint density at radius 2 is 0.718 bits per heavy atom. The summed E-state index contributed by atoms with van der Waals surface area (Å²) in [5, 5.41) is 9.79. The van der Waals surface area contributed by atoms with Crippen molar-refractivity contribution < 1.29 is 4.42 Å². The summed E-state index contributed by atoms with van der Waals surface area (Å²) >= 11 is 0. The van der Waals surface area contributed by atoms with E-state index >= 15 is 0 Å². The highest BCUT2D eigenvalue weighted by Crippen LogP contribution is 2.45. The Morgan fingerprint density at radius 1 is 0.282 bits per heavy atom. The Labute approximate surface area is 226 Å². The molecule has 7 aromatic carbocycles. The molecule has 0 aliphatic carbocycles. The van der Waals surface area contributed by atoms with Gasteiger partial charge in [0.05, 0.1) is 0 Å². The molecule has 0 N–H and O–H groups in total. The fraction of sp³-hybridized carbons (Fsp3) is 0. The molecule has 1 heterocycles. The summed E-state index contributed by atoms with van der Waals surface area (Å²) < 4.78 is 6.85. The lowest BCUT2D eigenvalue weighted by Gasteiger charge is -2.13. The SMILES string of the molecule is c1ccc(-c2ccc(-c3oc(-c4cccc5c6ccccc6c6ccccc6c45)c4ccccc34)cc2)cc1. The minimum atomic E-state index is 0.905. The number of fused-ring (bicyclic) bond motifs is 7. The molecule has 1 heteroatoms. The van der Waals surface area contributed by atoms with Gasteiger partial charge in [-0.1, -0.05) is 146 Å². The van der Waals surface area contributed by atoms with Crippen LogP contribution in [0.3, 0.4) is 0 Å². The summed E-state index contributed by atoms with van der Waals surface area (Å²) in [5.74, 6) is 1.82. The molecule has 0 saturated carbocycles. The van der Waals surface area contributed by atoms with Gasteiger partial charge >= 0.3 is 0 Å². The van der Waals surface area contributed by atoms with Crippen LogP contribution in [-0.4, -0.2) is 0 Å². The van der Waals surface area contributed by atoms with Crippen LogP contribution in [0.4, 0.5) is 0 Å². The van der Waals surface area contributed by atoms with Crippen molar-refractivity contribution in [1.82, 2.24) is 0 Å². The van der Waals surface area contributed by atoms with E-state index in [0.717, 1.165) is 33.4 Å². The standard InChI is InChI=1S/C38H24O/c1-2-11-25(12-3-1)26-21-23-27(24-22-26)37-33-17-8-9-18-34(33)38(39-37)35-20-10-19-32-30-14-5-4-13-28(30)29-15-6-7-16-31(29)36(32)35/h1-24H. The van der Waals surface area contributed by atoms with Crippen LogP contribution in [0.2, 0.25) is 0 Å². The third kappa shape index (κ3) is 3.41.